The van der Waals surface area contributed by atoms with Crippen molar-refractivity contribution < 1.29 is 23.8 Å². The van der Waals surface area contributed by atoms with Gasteiger partial charge in [0, 0.05) is 18.2 Å². The summed E-state index contributed by atoms with van der Waals surface area (Å²) < 4.78 is 18.8. The number of rotatable bonds is 7. The molecule has 5 nitrogen and oxygen atoms in total. The number of amides is 1. The van der Waals surface area contributed by atoms with E-state index >= 15 is 0 Å². The molecule has 0 radical (unpaired) electrons. The predicted octanol–water partition coefficient (Wildman–Crippen LogP) is 4.94. The maximum atomic E-state index is 13.6. The number of nitrogens with zero attached hydrogens (tertiary/aromatic N) is 1. The van der Waals surface area contributed by atoms with Crippen molar-refractivity contribution >= 4 is 17.4 Å². The van der Waals surface area contributed by atoms with Crippen LogP contribution in [0.25, 0.3) is 0 Å². The van der Waals surface area contributed by atoms with Crippen molar-refractivity contribution in [2.45, 2.75) is 18.9 Å². The number of benzene rings is 3. The highest BCUT2D eigenvalue weighted by Gasteiger charge is 2.44. The summed E-state index contributed by atoms with van der Waals surface area (Å²) in [5, 5.41) is 10.7. The van der Waals surface area contributed by atoms with E-state index in [2.05, 4.69) is 0 Å². The van der Waals surface area contributed by atoms with E-state index in [0.29, 0.717) is 23.4 Å². The number of anilines is 1. The Morgan fingerprint density at radius 3 is 2.44 bits per heavy atom. The molecule has 0 fully saturated rings. The SMILES string of the molecule is COc1cccc(N2C(=O)C(O)=C(C(=O)CCc3ccccc3)C2c2ccc(F)cc2)c1. The second kappa shape index (κ2) is 9.06. The molecule has 0 aliphatic carbocycles. The van der Waals surface area contributed by atoms with Gasteiger partial charge in [-0.15, -0.1) is 0 Å². The van der Waals surface area contributed by atoms with Crippen molar-refractivity contribution in [3.8, 4) is 5.75 Å². The van der Waals surface area contributed by atoms with E-state index in [1.54, 1.807) is 24.3 Å². The number of Topliss-reactive ketones (excluding diaryl/α,β-unsaturated/α-hetero) is 1. The van der Waals surface area contributed by atoms with E-state index < -0.39 is 23.5 Å². The first-order valence-electron chi connectivity index (χ1n) is 10.2. The van der Waals surface area contributed by atoms with Crippen LogP contribution in [0.2, 0.25) is 0 Å². The predicted molar refractivity (Wildman–Crippen MR) is 119 cm³/mol. The third-order valence-corrected chi connectivity index (χ3v) is 5.51. The Morgan fingerprint density at radius 1 is 1.03 bits per heavy atom. The Balaban J connectivity index is 1.73. The number of halogens is 1. The molecule has 0 aromatic heterocycles. The maximum Gasteiger partial charge on any atom is 0.294 e. The lowest BCUT2D eigenvalue weighted by atomic mass is 9.93. The van der Waals surface area contributed by atoms with Crippen molar-refractivity contribution in [1.29, 1.82) is 0 Å². The molecule has 32 heavy (non-hydrogen) atoms. The van der Waals surface area contributed by atoms with E-state index in [4.69, 9.17) is 4.74 Å². The van der Waals surface area contributed by atoms with Gasteiger partial charge in [0.15, 0.2) is 11.5 Å². The molecular weight excluding hydrogens is 409 g/mol. The van der Waals surface area contributed by atoms with E-state index in [1.807, 2.05) is 30.3 Å². The molecule has 0 saturated heterocycles. The first-order chi connectivity index (χ1) is 15.5. The zero-order valence-corrected chi connectivity index (χ0v) is 17.5. The number of hydrogen-bond donors (Lipinski definition) is 1. The maximum absolute atomic E-state index is 13.6. The van der Waals surface area contributed by atoms with E-state index in [1.165, 1.54) is 36.3 Å². The lowest BCUT2D eigenvalue weighted by Gasteiger charge is -2.27. The molecule has 1 unspecified atom stereocenters. The van der Waals surface area contributed by atoms with Gasteiger partial charge in [0.25, 0.3) is 5.91 Å². The molecule has 4 rings (SSSR count). The Labute approximate surface area is 185 Å². The van der Waals surface area contributed by atoms with Crippen LogP contribution in [0.3, 0.4) is 0 Å². The van der Waals surface area contributed by atoms with Crippen LogP contribution in [-0.4, -0.2) is 23.9 Å². The average molecular weight is 431 g/mol. The summed E-state index contributed by atoms with van der Waals surface area (Å²) in [5.41, 5.74) is 1.98. The van der Waals surface area contributed by atoms with Crippen LogP contribution >= 0.6 is 0 Å². The highest BCUT2D eigenvalue weighted by atomic mass is 19.1. The van der Waals surface area contributed by atoms with Crippen LogP contribution < -0.4 is 9.64 Å². The zero-order chi connectivity index (χ0) is 22.7. The molecule has 1 atom stereocenters. The van der Waals surface area contributed by atoms with E-state index in [0.717, 1.165) is 5.56 Å². The van der Waals surface area contributed by atoms with Gasteiger partial charge in [-0.25, -0.2) is 4.39 Å². The minimum Gasteiger partial charge on any atom is -0.503 e. The molecule has 162 valence electrons. The van der Waals surface area contributed by atoms with Gasteiger partial charge in [-0.3, -0.25) is 14.5 Å². The topological polar surface area (TPSA) is 66.8 Å². The lowest BCUT2D eigenvalue weighted by molar-refractivity contribution is -0.118. The number of aryl methyl sites for hydroxylation is 1. The molecule has 0 bridgehead atoms. The van der Waals surface area contributed by atoms with Crippen LogP contribution in [0.4, 0.5) is 10.1 Å². The van der Waals surface area contributed by atoms with Crippen LogP contribution in [0.1, 0.15) is 23.6 Å². The molecule has 0 saturated carbocycles. The third-order valence-electron chi connectivity index (χ3n) is 5.51. The summed E-state index contributed by atoms with van der Waals surface area (Å²) in [7, 11) is 1.51. The molecule has 1 amide bonds. The van der Waals surface area contributed by atoms with Crippen molar-refractivity contribution in [2.24, 2.45) is 0 Å². The molecule has 1 heterocycles. The van der Waals surface area contributed by atoms with Gasteiger partial charge in [-0.2, -0.15) is 0 Å². The Morgan fingerprint density at radius 2 is 1.75 bits per heavy atom. The van der Waals surface area contributed by atoms with Gasteiger partial charge >= 0.3 is 0 Å². The number of methoxy groups -OCH3 is 1. The van der Waals surface area contributed by atoms with Gasteiger partial charge in [0.05, 0.1) is 18.7 Å². The summed E-state index contributed by atoms with van der Waals surface area (Å²) in [6.07, 6.45) is 0.597. The van der Waals surface area contributed by atoms with Crippen LogP contribution in [-0.2, 0) is 16.0 Å². The van der Waals surface area contributed by atoms with Gasteiger partial charge in [-0.05, 0) is 41.8 Å². The summed E-state index contributed by atoms with van der Waals surface area (Å²) in [4.78, 5) is 27.7. The number of ketones is 1. The third kappa shape index (κ3) is 4.12. The largest absolute Gasteiger partial charge is 0.503 e. The standard InChI is InChI=1S/C26H22FNO4/c1-32-21-9-5-8-20(16-21)28-24(18-11-13-19(27)14-12-18)23(25(30)26(28)31)22(29)15-10-17-6-3-2-4-7-17/h2-9,11-14,16,24,30H,10,15H2,1H3. The molecule has 1 aliphatic rings. The molecule has 1 aliphatic heterocycles. The van der Waals surface area contributed by atoms with Crippen molar-refractivity contribution in [3.05, 3.63) is 107 Å². The molecule has 1 N–H and O–H groups in total. The number of aliphatic hydroxyl groups is 1. The second-order valence-electron chi connectivity index (χ2n) is 7.50. The Kier molecular flexibility index (Phi) is 6.03. The molecule has 3 aromatic rings. The molecule has 3 aromatic carbocycles. The Bertz CT molecular complexity index is 1170. The summed E-state index contributed by atoms with van der Waals surface area (Å²) in [5.74, 6) is -1.51. The van der Waals surface area contributed by atoms with Gasteiger partial charge in [0.2, 0.25) is 0 Å². The fourth-order valence-corrected chi connectivity index (χ4v) is 3.91. The van der Waals surface area contributed by atoms with Crippen LogP contribution in [0.15, 0.2) is 90.2 Å². The fraction of sp³-hybridized carbons (Fsp3) is 0.154. The molecule has 6 heteroatoms. The van der Waals surface area contributed by atoms with Crippen molar-refractivity contribution in [1.82, 2.24) is 0 Å². The summed E-state index contributed by atoms with van der Waals surface area (Å²) in [6.45, 7) is 0. The second-order valence-corrected chi connectivity index (χ2v) is 7.50. The monoisotopic (exact) mass is 431 g/mol. The molecular formula is C26H22FNO4. The zero-order valence-electron chi connectivity index (χ0n) is 17.5. The minimum atomic E-state index is -0.876. The van der Waals surface area contributed by atoms with Crippen molar-refractivity contribution in [3.63, 3.8) is 0 Å². The highest BCUT2D eigenvalue weighted by Crippen LogP contribution is 2.42. The average Bonchev–Trinajstić information content (AvgIpc) is 3.09. The highest BCUT2D eigenvalue weighted by molar-refractivity contribution is 6.16. The fourth-order valence-electron chi connectivity index (χ4n) is 3.91. The normalized spacial score (nSPS) is 15.9. The number of aliphatic hydroxyl groups excluding tert-OH is 1. The summed E-state index contributed by atoms with van der Waals surface area (Å²) in [6, 6.07) is 21.0. The number of carbonyl (C=O) groups excluding carboxylic acids is 2. The van der Waals surface area contributed by atoms with E-state index in [9.17, 15) is 19.1 Å². The lowest BCUT2D eigenvalue weighted by Crippen LogP contribution is -2.31. The van der Waals surface area contributed by atoms with Gasteiger partial charge < -0.3 is 9.84 Å². The first-order valence-corrected chi connectivity index (χ1v) is 10.2. The summed E-state index contributed by atoms with van der Waals surface area (Å²) >= 11 is 0. The van der Waals surface area contributed by atoms with E-state index in [-0.39, 0.29) is 17.8 Å². The first kappa shape index (κ1) is 21.3. The number of hydrogen-bond acceptors (Lipinski definition) is 4. The van der Waals surface area contributed by atoms with Crippen LogP contribution in [0.5, 0.6) is 5.75 Å². The minimum absolute atomic E-state index is 0.0142. The van der Waals surface area contributed by atoms with Gasteiger partial charge in [0.1, 0.15) is 11.6 Å². The van der Waals surface area contributed by atoms with Crippen LogP contribution in [0, 0.1) is 5.82 Å². The number of carbonyl (C=O) groups is 2. The van der Waals surface area contributed by atoms with Crippen molar-refractivity contribution in [2.75, 3.05) is 12.0 Å². The smallest absolute Gasteiger partial charge is 0.294 e. The molecule has 0 spiro atoms. The quantitative estimate of drug-likeness (QED) is 0.576. The number of ether oxygens (including phenoxy) is 1. The Hall–Kier alpha value is -3.93. The van der Waals surface area contributed by atoms with Gasteiger partial charge in [-0.1, -0.05) is 48.5 Å².